The quantitative estimate of drug-likeness (QED) is 0.604. The Morgan fingerprint density at radius 2 is 2.23 bits per heavy atom. The molecule has 2 N–H and O–H groups in total. The van der Waals surface area contributed by atoms with Gasteiger partial charge in [-0.25, -0.2) is 0 Å². The van der Waals surface area contributed by atoms with Crippen LogP contribution in [-0.4, -0.2) is 37.6 Å². The van der Waals surface area contributed by atoms with Crippen molar-refractivity contribution in [2.75, 3.05) is 26.4 Å². The van der Waals surface area contributed by atoms with Crippen LogP contribution in [0.1, 0.15) is 19.8 Å². The number of rotatable bonds is 7. The smallest absolute Gasteiger partial charge is 0.219 e. The molecule has 3 nitrogen and oxygen atoms in total. The summed E-state index contributed by atoms with van der Waals surface area (Å²) in [6.07, 6.45) is 3.65. The molecule has 0 aromatic rings. The molecule has 78 valence electrons. The van der Waals surface area contributed by atoms with Gasteiger partial charge in [-0.3, -0.25) is 4.79 Å². The third-order valence-corrected chi connectivity index (χ3v) is 2.84. The summed E-state index contributed by atoms with van der Waals surface area (Å²) in [6, 6.07) is 0. The van der Waals surface area contributed by atoms with E-state index in [1.807, 2.05) is 11.8 Å². The number of hydrogen-bond acceptors (Lipinski definition) is 3. The first kappa shape index (κ1) is 12.8. The van der Waals surface area contributed by atoms with E-state index in [1.54, 1.807) is 7.05 Å². The molecule has 0 radical (unpaired) electrons. The summed E-state index contributed by atoms with van der Waals surface area (Å²) >= 11 is 1.85. The van der Waals surface area contributed by atoms with Crippen molar-refractivity contribution < 1.29 is 4.79 Å². The minimum Gasteiger partial charge on any atom is -0.359 e. The van der Waals surface area contributed by atoms with Crippen LogP contribution in [0.15, 0.2) is 0 Å². The van der Waals surface area contributed by atoms with E-state index in [-0.39, 0.29) is 5.91 Å². The van der Waals surface area contributed by atoms with Gasteiger partial charge in [0.1, 0.15) is 0 Å². The lowest BCUT2D eigenvalue weighted by Gasteiger charge is -2.08. The second-order valence-electron chi connectivity index (χ2n) is 3.03. The van der Waals surface area contributed by atoms with E-state index in [0.29, 0.717) is 11.7 Å². The molecule has 4 heteroatoms. The summed E-state index contributed by atoms with van der Waals surface area (Å²) in [4.78, 5) is 10.8. The fraction of sp³-hybridized carbons (Fsp3) is 0.889. The van der Waals surface area contributed by atoms with Crippen LogP contribution in [-0.2, 0) is 4.79 Å². The Morgan fingerprint density at radius 1 is 1.54 bits per heavy atom. The Hall–Kier alpha value is -0.220. The maximum absolute atomic E-state index is 10.8. The molecule has 0 fully saturated rings. The molecule has 0 aromatic carbocycles. The molecule has 0 saturated carbocycles. The van der Waals surface area contributed by atoms with Gasteiger partial charge in [0.05, 0.1) is 0 Å². The fourth-order valence-electron chi connectivity index (χ4n) is 0.888. The van der Waals surface area contributed by atoms with E-state index in [0.717, 1.165) is 19.5 Å². The van der Waals surface area contributed by atoms with Crippen molar-refractivity contribution in [1.82, 2.24) is 10.6 Å². The van der Waals surface area contributed by atoms with Crippen molar-refractivity contribution in [3.63, 3.8) is 0 Å². The van der Waals surface area contributed by atoms with Crippen LogP contribution in [0.25, 0.3) is 0 Å². The van der Waals surface area contributed by atoms with E-state index in [1.165, 1.54) is 0 Å². The summed E-state index contributed by atoms with van der Waals surface area (Å²) in [5, 5.41) is 6.57. The lowest BCUT2D eigenvalue weighted by molar-refractivity contribution is -0.120. The van der Waals surface area contributed by atoms with Gasteiger partial charge < -0.3 is 10.6 Å². The normalized spacial score (nSPS) is 12.5. The van der Waals surface area contributed by atoms with Crippen LogP contribution in [0.3, 0.4) is 0 Å². The molecule has 0 saturated heterocycles. The number of hydrogen-bond donors (Lipinski definition) is 2. The molecule has 13 heavy (non-hydrogen) atoms. The molecule has 0 rings (SSSR count). The summed E-state index contributed by atoms with van der Waals surface area (Å²) in [5.74, 6) is 0.125. The minimum absolute atomic E-state index is 0.125. The van der Waals surface area contributed by atoms with Crippen LogP contribution in [0.4, 0.5) is 0 Å². The van der Waals surface area contributed by atoms with Gasteiger partial charge in [-0.2, -0.15) is 11.8 Å². The van der Waals surface area contributed by atoms with Crippen molar-refractivity contribution in [3.05, 3.63) is 0 Å². The summed E-state index contributed by atoms with van der Waals surface area (Å²) < 4.78 is 0. The van der Waals surface area contributed by atoms with Crippen LogP contribution < -0.4 is 10.6 Å². The van der Waals surface area contributed by atoms with Crippen molar-refractivity contribution in [2.24, 2.45) is 0 Å². The van der Waals surface area contributed by atoms with Crippen molar-refractivity contribution in [2.45, 2.75) is 25.0 Å². The summed E-state index contributed by atoms with van der Waals surface area (Å²) in [5.41, 5.74) is 0. The first-order chi connectivity index (χ1) is 6.20. The van der Waals surface area contributed by atoms with Gasteiger partial charge in [0.2, 0.25) is 5.91 Å². The van der Waals surface area contributed by atoms with Crippen molar-refractivity contribution in [3.8, 4) is 0 Å². The largest absolute Gasteiger partial charge is 0.359 e. The highest BCUT2D eigenvalue weighted by atomic mass is 32.2. The third-order valence-electron chi connectivity index (χ3n) is 1.87. The second kappa shape index (κ2) is 8.38. The zero-order valence-corrected chi connectivity index (χ0v) is 9.54. The predicted molar refractivity (Wildman–Crippen MR) is 59.1 cm³/mol. The molecule has 0 aliphatic rings. The molecule has 0 heterocycles. The van der Waals surface area contributed by atoms with Gasteiger partial charge >= 0.3 is 0 Å². The highest BCUT2D eigenvalue weighted by Gasteiger charge is 1.99. The number of carbonyl (C=O) groups is 1. The van der Waals surface area contributed by atoms with Crippen molar-refractivity contribution in [1.29, 1.82) is 0 Å². The molecule has 0 aromatic heterocycles. The maximum Gasteiger partial charge on any atom is 0.219 e. The molecule has 0 bridgehead atoms. The number of amides is 1. The van der Waals surface area contributed by atoms with Crippen LogP contribution in [0.2, 0.25) is 0 Å². The lowest BCUT2D eigenvalue weighted by Crippen LogP contribution is -2.25. The molecule has 1 atom stereocenters. The standard InChI is InChI=1S/C9H20N2OS/c1-8(13-3)7-11-6-4-5-9(12)10-2/h8,11H,4-7H2,1-3H3,(H,10,12). The summed E-state index contributed by atoms with van der Waals surface area (Å²) in [6.45, 7) is 4.14. The summed E-state index contributed by atoms with van der Waals surface area (Å²) in [7, 11) is 1.67. The zero-order valence-electron chi connectivity index (χ0n) is 8.72. The highest BCUT2D eigenvalue weighted by Crippen LogP contribution is 2.02. The molecule has 0 spiro atoms. The average Bonchev–Trinajstić information content (AvgIpc) is 2.16. The number of carbonyl (C=O) groups excluding carboxylic acids is 1. The number of thioether (sulfide) groups is 1. The van der Waals surface area contributed by atoms with Gasteiger partial charge in [-0.15, -0.1) is 0 Å². The third kappa shape index (κ3) is 8.12. The molecule has 0 aliphatic heterocycles. The molecular formula is C9H20N2OS. The second-order valence-corrected chi connectivity index (χ2v) is 4.30. The first-order valence-electron chi connectivity index (χ1n) is 4.64. The Labute approximate surface area is 85.0 Å². The predicted octanol–water partition coefficient (Wildman–Crippen LogP) is 0.854. The average molecular weight is 204 g/mol. The Balaban J connectivity index is 3.12. The van der Waals surface area contributed by atoms with Gasteiger partial charge in [0, 0.05) is 25.3 Å². The first-order valence-corrected chi connectivity index (χ1v) is 5.93. The molecular weight excluding hydrogens is 184 g/mol. The van der Waals surface area contributed by atoms with E-state index in [9.17, 15) is 4.79 Å². The van der Waals surface area contributed by atoms with Crippen LogP contribution in [0.5, 0.6) is 0 Å². The minimum atomic E-state index is 0.125. The number of nitrogens with one attached hydrogen (secondary N) is 2. The zero-order chi connectivity index (χ0) is 10.1. The SMILES string of the molecule is CNC(=O)CCCNCC(C)SC. The highest BCUT2D eigenvalue weighted by molar-refractivity contribution is 7.99. The van der Waals surface area contributed by atoms with Crippen LogP contribution >= 0.6 is 11.8 Å². The van der Waals surface area contributed by atoms with Crippen molar-refractivity contribution >= 4 is 17.7 Å². The van der Waals surface area contributed by atoms with E-state index < -0.39 is 0 Å². The fourth-order valence-corrected chi connectivity index (χ4v) is 1.17. The molecule has 0 aliphatic carbocycles. The molecule has 1 amide bonds. The Bertz CT molecular complexity index is 142. The maximum atomic E-state index is 10.8. The van der Waals surface area contributed by atoms with Gasteiger partial charge in [-0.05, 0) is 19.2 Å². The Morgan fingerprint density at radius 3 is 2.77 bits per heavy atom. The van der Waals surface area contributed by atoms with E-state index in [4.69, 9.17) is 0 Å². The van der Waals surface area contributed by atoms with E-state index in [2.05, 4.69) is 23.8 Å². The van der Waals surface area contributed by atoms with Crippen LogP contribution in [0, 0.1) is 0 Å². The topological polar surface area (TPSA) is 41.1 Å². The van der Waals surface area contributed by atoms with Gasteiger partial charge in [0.15, 0.2) is 0 Å². The monoisotopic (exact) mass is 204 g/mol. The lowest BCUT2D eigenvalue weighted by atomic mass is 10.3. The van der Waals surface area contributed by atoms with Gasteiger partial charge in [0.25, 0.3) is 0 Å². The van der Waals surface area contributed by atoms with E-state index >= 15 is 0 Å². The molecule has 1 unspecified atom stereocenters. The van der Waals surface area contributed by atoms with Gasteiger partial charge in [-0.1, -0.05) is 6.92 Å². The Kier molecular flexibility index (Phi) is 8.24.